The van der Waals surface area contributed by atoms with Crippen molar-refractivity contribution >= 4 is 5.97 Å². The molecule has 2 aliphatic rings. The van der Waals surface area contributed by atoms with Crippen molar-refractivity contribution in [3.63, 3.8) is 0 Å². The van der Waals surface area contributed by atoms with E-state index in [1.807, 2.05) is 0 Å². The maximum absolute atomic E-state index is 10.5. The van der Waals surface area contributed by atoms with E-state index in [4.69, 9.17) is 5.11 Å². The molecule has 0 aromatic rings. The minimum absolute atomic E-state index is 0.376. The predicted octanol–water partition coefficient (Wildman–Crippen LogP) is 1.42. The largest absolute Gasteiger partial charge is 0.479 e. The summed E-state index contributed by atoms with van der Waals surface area (Å²) >= 11 is 0. The van der Waals surface area contributed by atoms with Crippen LogP contribution >= 0.6 is 0 Å². The van der Waals surface area contributed by atoms with E-state index in [0.29, 0.717) is 24.2 Å². The van der Waals surface area contributed by atoms with Gasteiger partial charge in [-0.3, -0.25) is 0 Å². The molecular weight excluding hydrogens is 180 g/mol. The maximum Gasteiger partial charge on any atom is 0.332 e. The SMILES string of the molecule is CC1CC=C2CC2C1CC(O)C(=O)O. The zero-order valence-corrected chi connectivity index (χ0v) is 8.31. The van der Waals surface area contributed by atoms with Gasteiger partial charge in [0, 0.05) is 0 Å². The number of rotatable bonds is 3. The topological polar surface area (TPSA) is 57.5 Å². The second kappa shape index (κ2) is 3.39. The first kappa shape index (κ1) is 9.71. The Morgan fingerprint density at radius 3 is 3.07 bits per heavy atom. The molecule has 1 saturated carbocycles. The van der Waals surface area contributed by atoms with Crippen LogP contribution in [0.25, 0.3) is 0 Å². The fourth-order valence-corrected chi connectivity index (χ4v) is 2.52. The minimum Gasteiger partial charge on any atom is -0.479 e. The Morgan fingerprint density at radius 2 is 2.43 bits per heavy atom. The molecule has 0 spiro atoms. The van der Waals surface area contributed by atoms with E-state index in [-0.39, 0.29) is 0 Å². The molecule has 3 nitrogen and oxygen atoms in total. The van der Waals surface area contributed by atoms with Crippen LogP contribution in [0.2, 0.25) is 0 Å². The van der Waals surface area contributed by atoms with Crippen molar-refractivity contribution in [3.8, 4) is 0 Å². The van der Waals surface area contributed by atoms with Crippen LogP contribution in [0.3, 0.4) is 0 Å². The Morgan fingerprint density at radius 1 is 1.71 bits per heavy atom. The summed E-state index contributed by atoms with van der Waals surface area (Å²) in [5.74, 6) is 0.378. The van der Waals surface area contributed by atoms with Crippen molar-refractivity contribution in [2.75, 3.05) is 0 Å². The summed E-state index contributed by atoms with van der Waals surface area (Å²) in [4.78, 5) is 10.5. The highest BCUT2D eigenvalue weighted by molar-refractivity contribution is 5.71. The highest BCUT2D eigenvalue weighted by Crippen LogP contribution is 2.52. The summed E-state index contributed by atoms with van der Waals surface area (Å²) < 4.78 is 0. The lowest BCUT2D eigenvalue weighted by Gasteiger charge is -2.26. The number of carboxylic acids is 1. The lowest BCUT2D eigenvalue weighted by molar-refractivity contribution is -0.147. The van der Waals surface area contributed by atoms with E-state index in [0.717, 1.165) is 12.8 Å². The molecule has 14 heavy (non-hydrogen) atoms. The van der Waals surface area contributed by atoms with Crippen LogP contribution in [0, 0.1) is 17.8 Å². The van der Waals surface area contributed by atoms with Gasteiger partial charge in [-0.2, -0.15) is 0 Å². The third kappa shape index (κ3) is 1.69. The first-order valence-electron chi connectivity index (χ1n) is 5.19. The van der Waals surface area contributed by atoms with Gasteiger partial charge in [-0.1, -0.05) is 18.6 Å². The summed E-state index contributed by atoms with van der Waals surface area (Å²) in [6, 6.07) is 0. The lowest BCUT2D eigenvalue weighted by Crippen LogP contribution is -2.27. The number of allylic oxidation sites excluding steroid dienone is 2. The van der Waals surface area contributed by atoms with Crippen molar-refractivity contribution in [2.24, 2.45) is 17.8 Å². The van der Waals surface area contributed by atoms with Crippen molar-refractivity contribution in [1.82, 2.24) is 0 Å². The van der Waals surface area contributed by atoms with Crippen molar-refractivity contribution in [3.05, 3.63) is 11.6 Å². The normalized spacial score (nSPS) is 37.0. The summed E-state index contributed by atoms with van der Waals surface area (Å²) in [5.41, 5.74) is 1.48. The second-order valence-corrected chi connectivity index (χ2v) is 4.56. The minimum atomic E-state index is -1.18. The molecule has 0 aliphatic heterocycles. The molecule has 0 amide bonds. The molecule has 0 heterocycles. The number of fused-ring (bicyclic) bond motifs is 1. The van der Waals surface area contributed by atoms with Crippen LogP contribution in [0.5, 0.6) is 0 Å². The first-order chi connectivity index (χ1) is 6.59. The fraction of sp³-hybridized carbons (Fsp3) is 0.727. The Balaban J connectivity index is 1.97. The zero-order chi connectivity index (χ0) is 10.3. The first-order valence-corrected chi connectivity index (χ1v) is 5.19. The Kier molecular flexibility index (Phi) is 2.35. The van der Waals surface area contributed by atoms with Crippen LogP contribution in [-0.2, 0) is 4.79 Å². The van der Waals surface area contributed by atoms with Gasteiger partial charge in [0.25, 0.3) is 0 Å². The molecule has 2 N–H and O–H groups in total. The number of hydrogen-bond donors (Lipinski definition) is 2. The maximum atomic E-state index is 10.5. The monoisotopic (exact) mass is 196 g/mol. The highest BCUT2D eigenvalue weighted by atomic mass is 16.4. The van der Waals surface area contributed by atoms with Crippen molar-refractivity contribution in [1.29, 1.82) is 0 Å². The number of carboxylic acid groups (broad SMARTS) is 1. The number of aliphatic carboxylic acids is 1. The van der Waals surface area contributed by atoms with Crippen LogP contribution in [0.1, 0.15) is 26.2 Å². The molecule has 0 aromatic carbocycles. The molecule has 0 saturated heterocycles. The fourth-order valence-electron chi connectivity index (χ4n) is 2.52. The van der Waals surface area contributed by atoms with Crippen molar-refractivity contribution in [2.45, 2.75) is 32.3 Å². The van der Waals surface area contributed by atoms with Gasteiger partial charge in [-0.25, -0.2) is 4.79 Å². The quantitative estimate of drug-likeness (QED) is 0.671. The summed E-state index contributed by atoms with van der Waals surface area (Å²) in [7, 11) is 0. The molecule has 4 unspecified atom stereocenters. The van der Waals surface area contributed by atoms with Crippen LogP contribution in [0.15, 0.2) is 11.6 Å². The molecule has 1 fully saturated rings. The van der Waals surface area contributed by atoms with Gasteiger partial charge in [0.1, 0.15) is 0 Å². The van der Waals surface area contributed by atoms with Crippen LogP contribution in [-0.4, -0.2) is 22.3 Å². The molecule has 4 atom stereocenters. The van der Waals surface area contributed by atoms with E-state index < -0.39 is 12.1 Å². The van der Waals surface area contributed by atoms with Gasteiger partial charge in [-0.15, -0.1) is 0 Å². The zero-order valence-electron chi connectivity index (χ0n) is 8.31. The number of hydrogen-bond acceptors (Lipinski definition) is 2. The lowest BCUT2D eigenvalue weighted by atomic mass is 9.80. The van der Waals surface area contributed by atoms with Gasteiger partial charge >= 0.3 is 5.97 Å². The Labute approximate surface area is 83.4 Å². The molecule has 3 heteroatoms. The summed E-state index contributed by atoms with van der Waals surface area (Å²) in [6.07, 6.45) is 3.68. The average molecular weight is 196 g/mol. The van der Waals surface area contributed by atoms with E-state index in [9.17, 15) is 9.90 Å². The number of carbonyl (C=O) groups is 1. The second-order valence-electron chi connectivity index (χ2n) is 4.56. The third-order valence-corrected chi connectivity index (χ3v) is 3.55. The molecule has 0 aromatic heterocycles. The van der Waals surface area contributed by atoms with Gasteiger partial charge < -0.3 is 10.2 Å². The highest BCUT2D eigenvalue weighted by Gasteiger charge is 2.43. The van der Waals surface area contributed by atoms with Crippen molar-refractivity contribution < 1.29 is 15.0 Å². The third-order valence-electron chi connectivity index (χ3n) is 3.55. The van der Waals surface area contributed by atoms with E-state index >= 15 is 0 Å². The van der Waals surface area contributed by atoms with E-state index in [1.54, 1.807) is 0 Å². The van der Waals surface area contributed by atoms with Gasteiger partial charge in [0.05, 0.1) is 0 Å². The number of aliphatic hydroxyl groups is 1. The van der Waals surface area contributed by atoms with Crippen LogP contribution < -0.4 is 0 Å². The van der Waals surface area contributed by atoms with Crippen LogP contribution in [0.4, 0.5) is 0 Å². The Bertz CT molecular complexity index is 282. The average Bonchev–Trinajstić information content (AvgIpc) is 2.88. The summed E-state index contributed by atoms with van der Waals surface area (Å²) in [5, 5.41) is 17.9. The van der Waals surface area contributed by atoms with Gasteiger partial charge in [-0.05, 0) is 37.0 Å². The standard InChI is InChI=1S/C11H16O3/c1-6-2-3-7-4-9(7)8(6)5-10(12)11(13)14/h3,6,8-10,12H,2,4-5H2,1H3,(H,13,14). The van der Waals surface area contributed by atoms with E-state index in [2.05, 4.69) is 13.0 Å². The van der Waals surface area contributed by atoms with Gasteiger partial charge in [0.15, 0.2) is 6.10 Å². The Hall–Kier alpha value is -0.830. The summed E-state index contributed by atoms with van der Waals surface area (Å²) in [6.45, 7) is 2.14. The smallest absolute Gasteiger partial charge is 0.332 e. The molecular formula is C11H16O3. The molecule has 2 aliphatic carbocycles. The molecule has 0 bridgehead atoms. The molecule has 2 rings (SSSR count). The van der Waals surface area contributed by atoms with E-state index in [1.165, 1.54) is 5.57 Å². The molecule has 78 valence electrons. The van der Waals surface area contributed by atoms with Gasteiger partial charge in [0.2, 0.25) is 0 Å². The number of aliphatic hydroxyl groups excluding tert-OH is 1. The predicted molar refractivity (Wildman–Crippen MR) is 51.7 cm³/mol. The molecule has 0 radical (unpaired) electrons.